The van der Waals surface area contributed by atoms with Gasteiger partial charge in [0.1, 0.15) is 5.69 Å². The van der Waals surface area contributed by atoms with Crippen LogP contribution in [0.25, 0.3) is 0 Å². The van der Waals surface area contributed by atoms with Crippen molar-refractivity contribution in [3.8, 4) is 11.5 Å². The van der Waals surface area contributed by atoms with Crippen LogP contribution in [0.4, 0.5) is 0 Å². The first kappa shape index (κ1) is 13.1. The molecule has 0 unspecified atom stereocenters. The van der Waals surface area contributed by atoms with E-state index in [1.807, 2.05) is 18.2 Å². The summed E-state index contributed by atoms with van der Waals surface area (Å²) in [6.07, 6.45) is 2.47. The molecule has 1 aromatic heterocycles. The summed E-state index contributed by atoms with van der Waals surface area (Å²) in [5.41, 5.74) is 1.64. The first-order valence-corrected chi connectivity index (χ1v) is 7.02. The van der Waals surface area contributed by atoms with Gasteiger partial charge >= 0.3 is 0 Å². The van der Waals surface area contributed by atoms with Crippen LogP contribution < -0.4 is 14.8 Å². The van der Waals surface area contributed by atoms with Crippen molar-refractivity contribution in [1.29, 1.82) is 0 Å². The lowest BCUT2D eigenvalue weighted by atomic mass is 10.1. The molecule has 0 spiro atoms. The highest BCUT2D eigenvalue weighted by Gasteiger charge is 2.13. The Bertz CT molecular complexity index is 639. The molecule has 6 heteroatoms. The third-order valence-electron chi connectivity index (χ3n) is 3.03. The van der Waals surface area contributed by atoms with E-state index in [4.69, 9.17) is 9.47 Å². The summed E-state index contributed by atoms with van der Waals surface area (Å²) in [5.74, 6) is 1.42. The molecule has 3 rings (SSSR count). The highest BCUT2D eigenvalue weighted by molar-refractivity contribution is 9.10. The normalized spacial score (nSPS) is 12.4. The van der Waals surface area contributed by atoms with Gasteiger partial charge in [-0.25, -0.2) is 0 Å². The Balaban J connectivity index is 1.54. The molecule has 0 saturated heterocycles. The number of halogens is 1. The summed E-state index contributed by atoms with van der Waals surface area (Å²) >= 11 is 3.30. The molecule has 2 aromatic rings. The van der Waals surface area contributed by atoms with Gasteiger partial charge in [0.05, 0.1) is 0 Å². The molecule has 0 aliphatic carbocycles. The van der Waals surface area contributed by atoms with Crippen molar-refractivity contribution in [2.45, 2.75) is 6.42 Å². The van der Waals surface area contributed by atoms with Gasteiger partial charge in [0.2, 0.25) is 6.79 Å². The Morgan fingerprint density at radius 3 is 2.95 bits per heavy atom. The van der Waals surface area contributed by atoms with Gasteiger partial charge in [-0.3, -0.25) is 4.79 Å². The van der Waals surface area contributed by atoms with Crippen LogP contribution in [-0.2, 0) is 6.42 Å². The van der Waals surface area contributed by atoms with Gasteiger partial charge < -0.3 is 19.8 Å². The van der Waals surface area contributed by atoms with Crippen molar-refractivity contribution in [3.63, 3.8) is 0 Å². The SMILES string of the molecule is O=C(NCCc1ccc2c(c1)OCO2)c1cc(Br)c[nH]1. The van der Waals surface area contributed by atoms with Crippen LogP contribution in [0.15, 0.2) is 34.9 Å². The third-order valence-corrected chi connectivity index (χ3v) is 3.49. The van der Waals surface area contributed by atoms with E-state index in [0.717, 1.165) is 28.0 Å². The number of benzene rings is 1. The summed E-state index contributed by atoms with van der Waals surface area (Å²) < 4.78 is 11.4. The maximum atomic E-state index is 11.8. The average Bonchev–Trinajstić information content (AvgIpc) is 3.06. The maximum Gasteiger partial charge on any atom is 0.267 e. The predicted octanol–water partition coefficient (Wildman–Crippen LogP) is 2.48. The van der Waals surface area contributed by atoms with Gasteiger partial charge in [-0.2, -0.15) is 0 Å². The molecule has 0 bridgehead atoms. The van der Waals surface area contributed by atoms with Gasteiger partial charge in [-0.05, 0) is 46.1 Å². The van der Waals surface area contributed by atoms with Crippen molar-refractivity contribution in [3.05, 3.63) is 46.2 Å². The lowest BCUT2D eigenvalue weighted by molar-refractivity contribution is 0.0950. The Morgan fingerprint density at radius 1 is 1.30 bits per heavy atom. The van der Waals surface area contributed by atoms with Crippen LogP contribution in [0.5, 0.6) is 11.5 Å². The molecule has 0 saturated carbocycles. The molecular formula is C14H13BrN2O3. The number of amides is 1. The quantitative estimate of drug-likeness (QED) is 0.901. The fourth-order valence-corrected chi connectivity index (χ4v) is 2.35. The Labute approximate surface area is 124 Å². The second kappa shape index (κ2) is 5.58. The fourth-order valence-electron chi connectivity index (χ4n) is 2.01. The number of aromatic nitrogens is 1. The lowest BCUT2D eigenvalue weighted by Gasteiger charge is -2.05. The van der Waals surface area contributed by atoms with E-state index in [9.17, 15) is 4.79 Å². The number of rotatable bonds is 4. The maximum absolute atomic E-state index is 11.8. The molecule has 1 aromatic carbocycles. The largest absolute Gasteiger partial charge is 0.454 e. The van der Waals surface area contributed by atoms with Crippen LogP contribution in [-0.4, -0.2) is 24.2 Å². The van der Waals surface area contributed by atoms with Crippen LogP contribution in [0.1, 0.15) is 16.1 Å². The zero-order chi connectivity index (χ0) is 13.9. The molecular weight excluding hydrogens is 324 g/mol. The number of fused-ring (bicyclic) bond motifs is 1. The van der Waals surface area contributed by atoms with E-state index < -0.39 is 0 Å². The number of carbonyl (C=O) groups is 1. The molecule has 1 aliphatic rings. The minimum Gasteiger partial charge on any atom is -0.454 e. The Kier molecular flexibility index (Phi) is 3.64. The van der Waals surface area contributed by atoms with Crippen molar-refractivity contribution in [2.75, 3.05) is 13.3 Å². The first-order chi connectivity index (χ1) is 9.72. The number of aromatic amines is 1. The van der Waals surface area contributed by atoms with E-state index in [0.29, 0.717) is 12.2 Å². The van der Waals surface area contributed by atoms with Gasteiger partial charge in [0, 0.05) is 17.2 Å². The molecule has 20 heavy (non-hydrogen) atoms. The first-order valence-electron chi connectivity index (χ1n) is 6.23. The Morgan fingerprint density at radius 2 is 2.15 bits per heavy atom. The topological polar surface area (TPSA) is 63.4 Å². The van der Waals surface area contributed by atoms with E-state index in [-0.39, 0.29) is 12.7 Å². The fraction of sp³-hybridized carbons (Fsp3) is 0.214. The van der Waals surface area contributed by atoms with Crippen molar-refractivity contribution >= 4 is 21.8 Å². The zero-order valence-electron chi connectivity index (χ0n) is 10.6. The number of nitrogens with one attached hydrogen (secondary N) is 2. The van der Waals surface area contributed by atoms with Crippen LogP contribution >= 0.6 is 15.9 Å². The highest BCUT2D eigenvalue weighted by atomic mass is 79.9. The summed E-state index contributed by atoms with van der Waals surface area (Å²) in [4.78, 5) is 14.7. The second-order valence-electron chi connectivity index (χ2n) is 4.43. The minimum atomic E-state index is -0.114. The average molecular weight is 337 g/mol. The molecule has 1 aliphatic heterocycles. The summed E-state index contributed by atoms with van der Waals surface area (Å²) in [6, 6.07) is 7.56. The molecule has 0 fully saturated rings. The van der Waals surface area contributed by atoms with E-state index >= 15 is 0 Å². The van der Waals surface area contributed by atoms with Crippen molar-refractivity contribution < 1.29 is 14.3 Å². The van der Waals surface area contributed by atoms with Gasteiger partial charge in [-0.15, -0.1) is 0 Å². The van der Waals surface area contributed by atoms with Crippen molar-refractivity contribution in [1.82, 2.24) is 10.3 Å². The summed E-state index contributed by atoms with van der Waals surface area (Å²) in [6.45, 7) is 0.840. The van der Waals surface area contributed by atoms with E-state index in [2.05, 4.69) is 26.2 Å². The monoisotopic (exact) mass is 336 g/mol. The van der Waals surface area contributed by atoms with E-state index in [1.165, 1.54) is 0 Å². The number of carbonyl (C=O) groups excluding carboxylic acids is 1. The predicted molar refractivity (Wildman–Crippen MR) is 77.1 cm³/mol. The highest BCUT2D eigenvalue weighted by Crippen LogP contribution is 2.32. The van der Waals surface area contributed by atoms with Gasteiger partial charge in [-0.1, -0.05) is 6.07 Å². The minimum absolute atomic E-state index is 0.114. The Hall–Kier alpha value is -1.95. The third kappa shape index (κ3) is 2.80. The lowest BCUT2D eigenvalue weighted by Crippen LogP contribution is -2.25. The molecule has 5 nitrogen and oxygen atoms in total. The van der Waals surface area contributed by atoms with Crippen LogP contribution in [0, 0.1) is 0 Å². The molecule has 104 valence electrons. The number of H-pyrrole nitrogens is 1. The molecule has 2 N–H and O–H groups in total. The molecule has 0 radical (unpaired) electrons. The standard InChI is InChI=1S/C14H13BrN2O3/c15-10-6-11(17-7-10)14(18)16-4-3-9-1-2-12-13(5-9)20-8-19-12/h1-2,5-7,17H,3-4,8H2,(H,16,18). The molecule has 2 heterocycles. The molecule has 0 atom stereocenters. The second-order valence-corrected chi connectivity index (χ2v) is 5.34. The molecule has 1 amide bonds. The zero-order valence-corrected chi connectivity index (χ0v) is 12.2. The number of hydrogen-bond donors (Lipinski definition) is 2. The number of hydrogen-bond acceptors (Lipinski definition) is 3. The van der Waals surface area contributed by atoms with Gasteiger partial charge in [0.15, 0.2) is 11.5 Å². The van der Waals surface area contributed by atoms with E-state index in [1.54, 1.807) is 12.3 Å². The van der Waals surface area contributed by atoms with Gasteiger partial charge in [0.25, 0.3) is 5.91 Å². The number of ether oxygens (including phenoxy) is 2. The van der Waals surface area contributed by atoms with Crippen molar-refractivity contribution in [2.24, 2.45) is 0 Å². The summed E-state index contributed by atoms with van der Waals surface area (Å²) in [5, 5.41) is 2.87. The smallest absolute Gasteiger partial charge is 0.267 e. The summed E-state index contributed by atoms with van der Waals surface area (Å²) in [7, 11) is 0. The van der Waals surface area contributed by atoms with Crippen LogP contribution in [0.3, 0.4) is 0 Å². The van der Waals surface area contributed by atoms with Crippen LogP contribution in [0.2, 0.25) is 0 Å².